The molecule has 0 aromatic heterocycles. The van der Waals surface area contributed by atoms with E-state index >= 15 is 0 Å². The smallest absolute Gasteiger partial charge is 0.265 e. The van der Waals surface area contributed by atoms with Crippen LogP contribution in [-0.2, 0) is 16.4 Å². The third-order valence-electron chi connectivity index (χ3n) is 7.94. The molecule has 0 radical (unpaired) electrons. The number of aryl methyl sites for hydroxylation is 1. The van der Waals surface area contributed by atoms with E-state index in [1.165, 1.54) is 11.4 Å². The fraction of sp³-hybridized carbons (Fsp3) is 0.267. The van der Waals surface area contributed by atoms with Crippen LogP contribution in [-0.4, -0.2) is 40.2 Å². The van der Waals surface area contributed by atoms with E-state index in [9.17, 15) is 18.9 Å². The molecular weight excluding hydrogens is 512 g/mol. The van der Waals surface area contributed by atoms with Crippen molar-refractivity contribution < 1.29 is 17.9 Å². The van der Waals surface area contributed by atoms with Crippen molar-refractivity contribution >= 4 is 21.3 Å². The maximum atomic E-state index is 14.3. The Morgan fingerprint density at radius 1 is 0.974 bits per heavy atom. The third-order valence-corrected chi connectivity index (χ3v) is 9.72. The summed E-state index contributed by atoms with van der Waals surface area (Å²) >= 11 is 0. The molecule has 39 heavy (non-hydrogen) atoms. The molecule has 8 nitrogen and oxygen atoms in total. The van der Waals surface area contributed by atoms with Gasteiger partial charge in [0, 0.05) is 12.1 Å². The minimum Gasteiger partial charge on any atom is -0.493 e. The molecule has 0 amide bonds. The SMILES string of the molecule is COc1cc2c(cc1OC)C1N(CC2)C2C(=CC1(C#N)C#N)c1ccccc1N2S(=O)(=O)c1ccc(C)cc1. The van der Waals surface area contributed by atoms with Gasteiger partial charge < -0.3 is 9.47 Å². The molecule has 3 aromatic carbocycles. The van der Waals surface area contributed by atoms with Gasteiger partial charge in [-0.05, 0) is 66.5 Å². The Bertz CT molecular complexity index is 1700. The van der Waals surface area contributed by atoms with Crippen molar-refractivity contribution in [3.05, 3.63) is 89.0 Å². The Balaban J connectivity index is 1.61. The average molecular weight is 539 g/mol. The molecule has 3 aromatic rings. The highest BCUT2D eigenvalue weighted by atomic mass is 32.2. The van der Waals surface area contributed by atoms with E-state index in [-0.39, 0.29) is 4.90 Å². The van der Waals surface area contributed by atoms with Gasteiger partial charge in [-0.1, -0.05) is 35.9 Å². The zero-order valence-electron chi connectivity index (χ0n) is 21.7. The normalized spacial score (nSPS) is 20.8. The Kier molecular flexibility index (Phi) is 5.69. The first kappa shape index (κ1) is 25.0. The average Bonchev–Trinajstić information content (AvgIpc) is 3.30. The molecule has 0 bridgehead atoms. The number of fused-ring (bicyclic) bond motifs is 7. The van der Waals surface area contributed by atoms with E-state index < -0.39 is 27.6 Å². The maximum absolute atomic E-state index is 14.3. The molecule has 2 unspecified atom stereocenters. The van der Waals surface area contributed by atoms with Crippen LogP contribution in [0.3, 0.4) is 0 Å². The van der Waals surface area contributed by atoms with Gasteiger partial charge in [-0.2, -0.15) is 10.5 Å². The van der Waals surface area contributed by atoms with Crippen LogP contribution in [0.25, 0.3) is 5.57 Å². The van der Waals surface area contributed by atoms with Gasteiger partial charge in [0.2, 0.25) is 0 Å². The van der Waals surface area contributed by atoms with E-state index in [4.69, 9.17) is 9.47 Å². The molecule has 0 spiro atoms. The summed E-state index contributed by atoms with van der Waals surface area (Å²) in [4.78, 5) is 2.17. The number of sulfonamides is 1. The second-order valence-corrected chi connectivity index (χ2v) is 11.8. The van der Waals surface area contributed by atoms with Crippen LogP contribution in [0.15, 0.2) is 71.6 Å². The van der Waals surface area contributed by atoms with Crippen molar-refractivity contribution in [1.82, 2.24) is 4.90 Å². The van der Waals surface area contributed by atoms with E-state index in [1.807, 2.05) is 36.1 Å². The lowest BCUT2D eigenvalue weighted by Crippen LogP contribution is -2.57. The van der Waals surface area contributed by atoms with Gasteiger partial charge in [0.15, 0.2) is 16.9 Å². The van der Waals surface area contributed by atoms with Crippen LogP contribution in [0.1, 0.15) is 28.3 Å². The number of rotatable bonds is 4. The summed E-state index contributed by atoms with van der Waals surface area (Å²) in [5.74, 6) is 1.05. The highest BCUT2D eigenvalue weighted by molar-refractivity contribution is 7.93. The Labute approximate surface area is 228 Å². The molecule has 6 rings (SSSR count). The van der Waals surface area contributed by atoms with Gasteiger partial charge in [0.1, 0.15) is 6.17 Å². The summed E-state index contributed by atoms with van der Waals surface area (Å²) in [6.07, 6.45) is 1.53. The molecule has 196 valence electrons. The van der Waals surface area contributed by atoms with Crippen LogP contribution in [0.2, 0.25) is 0 Å². The predicted octanol–water partition coefficient (Wildman–Crippen LogP) is 4.58. The monoisotopic (exact) mass is 538 g/mol. The van der Waals surface area contributed by atoms with E-state index in [2.05, 4.69) is 12.1 Å². The van der Waals surface area contributed by atoms with Crippen LogP contribution in [0.5, 0.6) is 11.5 Å². The van der Waals surface area contributed by atoms with E-state index in [1.54, 1.807) is 49.6 Å². The fourth-order valence-corrected chi connectivity index (χ4v) is 7.75. The van der Waals surface area contributed by atoms with Crippen LogP contribution >= 0.6 is 0 Å². The minimum atomic E-state index is -4.00. The number of nitriles is 2. The molecule has 3 heterocycles. The molecule has 3 aliphatic heterocycles. The quantitative estimate of drug-likeness (QED) is 0.479. The number of benzene rings is 3. The largest absolute Gasteiger partial charge is 0.493 e. The second-order valence-electron chi connectivity index (χ2n) is 9.99. The Hall–Kier alpha value is -4.31. The van der Waals surface area contributed by atoms with Crippen LogP contribution in [0.4, 0.5) is 5.69 Å². The number of ether oxygens (including phenoxy) is 2. The first-order valence-electron chi connectivity index (χ1n) is 12.6. The Morgan fingerprint density at radius 2 is 1.64 bits per heavy atom. The van der Waals surface area contributed by atoms with E-state index in [0.29, 0.717) is 41.3 Å². The summed E-state index contributed by atoms with van der Waals surface area (Å²) in [6, 6.07) is 21.6. The topological polar surface area (TPSA) is 107 Å². The van der Waals surface area contributed by atoms with Gasteiger partial charge >= 0.3 is 0 Å². The minimum absolute atomic E-state index is 0.182. The molecule has 0 N–H and O–H groups in total. The lowest BCUT2D eigenvalue weighted by atomic mass is 9.70. The summed E-state index contributed by atoms with van der Waals surface area (Å²) in [6.45, 7) is 2.35. The molecule has 3 aliphatic rings. The highest BCUT2D eigenvalue weighted by Crippen LogP contribution is 2.57. The summed E-state index contributed by atoms with van der Waals surface area (Å²) in [7, 11) is -0.901. The van der Waals surface area contributed by atoms with Gasteiger partial charge in [-0.3, -0.25) is 4.90 Å². The number of hydrogen-bond acceptors (Lipinski definition) is 7. The Morgan fingerprint density at radius 3 is 2.31 bits per heavy atom. The standard InChI is InChI=1S/C30H26N4O4S/c1-19-8-10-21(11-9-19)39(35,36)34-25-7-5-4-6-22(25)24-16-30(17-31,18-32)28-23-15-27(38-3)26(37-2)14-20(23)12-13-33(28)29(24)34/h4-11,14-16,28-29H,12-13H2,1-3H3. The van der Waals surface area contributed by atoms with Crippen molar-refractivity contribution in [3.63, 3.8) is 0 Å². The predicted molar refractivity (Wildman–Crippen MR) is 145 cm³/mol. The number of para-hydroxylation sites is 1. The summed E-state index contributed by atoms with van der Waals surface area (Å²) in [5, 5.41) is 21.0. The molecule has 9 heteroatoms. The van der Waals surface area contributed by atoms with Crippen LogP contribution in [0, 0.1) is 35.0 Å². The maximum Gasteiger partial charge on any atom is 0.265 e. The third kappa shape index (κ3) is 3.47. The summed E-state index contributed by atoms with van der Waals surface area (Å²) in [5.41, 5.74) is 2.95. The lowest BCUT2D eigenvalue weighted by Gasteiger charge is -2.50. The molecule has 2 atom stereocenters. The van der Waals surface area contributed by atoms with E-state index in [0.717, 1.165) is 16.7 Å². The fourth-order valence-electron chi connectivity index (χ4n) is 6.13. The number of hydrogen-bond donors (Lipinski definition) is 0. The van der Waals surface area contributed by atoms with Gasteiger partial charge in [0.25, 0.3) is 10.0 Å². The second kappa shape index (κ2) is 8.88. The highest BCUT2D eigenvalue weighted by Gasteiger charge is 2.57. The molecule has 0 saturated carbocycles. The first-order chi connectivity index (χ1) is 18.8. The lowest BCUT2D eigenvalue weighted by molar-refractivity contribution is 0.109. The molecule has 0 saturated heterocycles. The number of nitrogens with zero attached hydrogens (tertiary/aromatic N) is 4. The van der Waals surface area contributed by atoms with Gasteiger partial charge in [0.05, 0.1) is 43.0 Å². The van der Waals surface area contributed by atoms with Crippen molar-refractivity contribution in [2.45, 2.75) is 30.4 Å². The number of anilines is 1. The zero-order valence-corrected chi connectivity index (χ0v) is 22.6. The van der Waals surface area contributed by atoms with Crippen LogP contribution < -0.4 is 13.8 Å². The van der Waals surface area contributed by atoms with Crippen molar-refractivity contribution in [1.29, 1.82) is 10.5 Å². The summed E-state index contributed by atoms with van der Waals surface area (Å²) < 4.78 is 41.1. The van der Waals surface area contributed by atoms with Crippen molar-refractivity contribution in [3.8, 4) is 23.6 Å². The first-order valence-corrected chi connectivity index (χ1v) is 14.0. The molecular formula is C30H26N4O4S. The van der Waals surface area contributed by atoms with Gasteiger partial charge in [-0.25, -0.2) is 12.7 Å². The molecule has 0 fully saturated rings. The van der Waals surface area contributed by atoms with Crippen molar-refractivity contribution in [2.24, 2.45) is 5.41 Å². The molecule has 0 aliphatic carbocycles. The van der Waals surface area contributed by atoms with Gasteiger partial charge in [-0.15, -0.1) is 0 Å². The zero-order chi connectivity index (χ0) is 27.5. The van der Waals surface area contributed by atoms with Crippen molar-refractivity contribution in [2.75, 3.05) is 25.1 Å². The number of methoxy groups -OCH3 is 2.